The van der Waals surface area contributed by atoms with E-state index in [-0.39, 0.29) is 6.10 Å². The number of benzene rings is 1. The summed E-state index contributed by atoms with van der Waals surface area (Å²) in [5.41, 5.74) is 1.59. The van der Waals surface area contributed by atoms with E-state index in [0.29, 0.717) is 11.5 Å². The van der Waals surface area contributed by atoms with Gasteiger partial charge in [0.1, 0.15) is 6.07 Å². The molecule has 0 heterocycles. The second kappa shape index (κ2) is 6.83. The zero-order valence-electron chi connectivity index (χ0n) is 11.2. The van der Waals surface area contributed by atoms with Crippen LogP contribution in [0.2, 0.25) is 0 Å². The summed E-state index contributed by atoms with van der Waals surface area (Å²) < 4.78 is 0. The van der Waals surface area contributed by atoms with Gasteiger partial charge in [-0.2, -0.15) is 5.26 Å². The van der Waals surface area contributed by atoms with Crippen LogP contribution in [0.4, 0.5) is 5.69 Å². The molecule has 1 aliphatic rings. The van der Waals surface area contributed by atoms with Gasteiger partial charge in [-0.1, -0.05) is 18.9 Å². The van der Waals surface area contributed by atoms with E-state index in [1.54, 1.807) is 11.8 Å². The van der Waals surface area contributed by atoms with E-state index in [2.05, 4.69) is 11.4 Å². The fourth-order valence-electron chi connectivity index (χ4n) is 2.63. The van der Waals surface area contributed by atoms with Gasteiger partial charge in [-0.3, -0.25) is 0 Å². The summed E-state index contributed by atoms with van der Waals surface area (Å²) in [5.74, 6) is 0.304. The minimum atomic E-state index is -0.199. The van der Waals surface area contributed by atoms with E-state index in [0.717, 1.165) is 36.4 Å². The molecule has 1 fully saturated rings. The highest BCUT2D eigenvalue weighted by Crippen LogP contribution is 2.28. The molecule has 0 aliphatic heterocycles. The summed E-state index contributed by atoms with van der Waals surface area (Å²) in [5, 5.41) is 22.6. The number of nitrogens with zero attached hydrogens (tertiary/aromatic N) is 1. The third kappa shape index (κ3) is 3.43. The molecule has 3 nitrogen and oxygen atoms in total. The van der Waals surface area contributed by atoms with E-state index >= 15 is 0 Å². The summed E-state index contributed by atoms with van der Waals surface area (Å²) in [7, 11) is 0. The van der Waals surface area contributed by atoms with E-state index in [9.17, 15) is 10.4 Å². The molecule has 0 bridgehead atoms. The van der Waals surface area contributed by atoms with Gasteiger partial charge in [-0.15, -0.1) is 11.8 Å². The lowest BCUT2D eigenvalue weighted by atomic mass is 9.86. The van der Waals surface area contributed by atoms with Gasteiger partial charge >= 0.3 is 0 Å². The Balaban J connectivity index is 2.05. The third-order valence-electron chi connectivity index (χ3n) is 3.78. The Hall–Kier alpha value is -1.18. The van der Waals surface area contributed by atoms with Crippen molar-refractivity contribution in [1.82, 2.24) is 0 Å². The van der Waals surface area contributed by atoms with Gasteiger partial charge in [0.2, 0.25) is 0 Å². The smallest absolute Gasteiger partial charge is 0.102 e. The highest BCUT2D eigenvalue weighted by Gasteiger charge is 2.22. The van der Waals surface area contributed by atoms with Crippen molar-refractivity contribution in [3.05, 3.63) is 23.8 Å². The van der Waals surface area contributed by atoms with Crippen molar-refractivity contribution >= 4 is 17.4 Å². The second-order valence-corrected chi connectivity index (χ2v) is 5.84. The number of thioether (sulfide) groups is 1. The first-order valence-electron chi connectivity index (χ1n) is 6.75. The number of nitrogens with one attached hydrogen (secondary N) is 1. The summed E-state index contributed by atoms with van der Waals surface area (Å²) in [4.78, 5) is 0.997. The molecule has 0 amide bonds. The fourth-order valence-corrected chi connectivity index (χ4v) is 3.21. The number of aliphatic hydroxyl groups is 1. The molecule has 0 spiro atoms. The third-order valence-corrected chi connectivity index (χ3v) is 4.56. The molecule has 1 aromatic carbocycles. The fraction of sp³-hybridized carbons (Fsp3) is 0.533. The Kier molecular flexibility index (Phi) is 5.12. The van der Waals surface area contributed by atoms with Crippen LogP contribution in [0.1, 0.15) is 31.2 Å². The van der Waals surface area contributed by atoms with Gasteiger partial charge in [0, 0.05) is 17.4 Å². The molecule has 2 unspecified atom stereocenters. The molecule has 2 rings (SSSR count). The molecule has 0 saturated heterocycles. The van der Waals surface area contributed by atoms with Crippen molar-refractivity contribution in [3.8, 4) is 6.07 Å². The Morgan fingerprint density at radius 2 is 2.21 bits per heavy atom. The molecule has 1 saturated carbocycles. The average molecular weight is 276 g/mol. The van der Waals surface area contributed by atoms with Crippen molar-refractivity contribution < 1.29 is 5.11 Å². The number of hydrogen-bond donors (Lipinski definition) is 2. The van der Waals surface area contributed by atoms with Gasteiger partial charge < -0.3 is 10.4 Å². The molecule has 4 heteroatoms. The lowest BCUT2D eigenvalue weighted by molar-refractivity contribution is 0.0763. The van der Waals surface area contributed by atoms with E-state index in [1.165, 1.54) is 6.42 Å². The van der Waals surface area contributed by atoms with Crippen molar-refractivity contribution in [1.29, 1.82) is 5.26 Å². The van der Waals surface area contributed by atoms with Crippen molar-refractivity contribution in [2.75, 3.05) is 18.1 Å². The molecule has 0 radical (unpaired) electrons. The number of nitriles is 1. The van der Waals surface area contributed by atoms with Crippen LogP contribution in [0.25, 0.3) is 0 Å². The van der Waals surface area contributed by atoms with Crippen LogP contribution >= 0.6 is 11.8 Å². The maximum absolute atomic E-state index is 9.97. The SMILES string of the molecule is CSc1cccc(NCC2CCCCC2O)c1C#N. The number of hydrogen-bond acceptors (Lipinski definition) is 4. The Bertz CT molecular complexity index is 470. The number of anilines is 1. The second-order valence-electron chi connectivity index (χ2n) is 4.99. The first kappa shape index (κ1) is 14.2. The molecule has 102 valence electrons. The standard InChI is InChI=1S/C15H20N2OS/c1-19-15-8-4-6-13(12(15)9-16)17-10-11-5-2-3-7-14(11)18/h4,6,8,11,14,17-18H,2-3,5,7,10H2,1H3. The van der Waals surface area contributed by atoms with Gasteiger partial charge in [0.25, 0.3) is 0 Å². The molecule has 2 atom stereocenters. The number of aliphatic hydroxyl groups excluding tert-OH is 1. The zero-order chi connectivity index (χ0) is 13.7. The van der Waals surface area contributed by atoms with E-state index in [1.807, 2.05) is 24.5 Å². The lowest BCUT2D eigenvalue weighted by Crippen LogP contribution is -2.30. The van der Waals surface area contributed by atoms with Crippen LogP contribution in [-0.2, 0) is 0 Å². The molecule has 1 aliphatic carbocycles. The highest BCUT2D eigenvalue weighted by molar-refractivity contribution is 7.98. The zero-order valence-corrected chi connectivity index (χ0v) is 12.0. The first-order valence-corrected chi connectivity index (χ1v) is 7.97. The monoisotopic (exact) mass is 276 g/mol. The van der Waals surface area contributed by atoms with E-state index in [4.69, 9.17) is 0 Å². The Morgan fingerprint density at radius 1 is 1.42 bits per heavy atom. The molecule has 1 aromatic rings. The van der Waals surface area contributed by atoms with Crippen LogP contribution in [0, 0.1) is 17.2 Å². The van der Waals surface area contributed by atoms with Gasteiger partial charge in [0.15, 0.2) is 0 Å². The first-order chi connectivity index (χ1) is 9.26. The Labute approximate surface area is 119 Å². The highest BCUT2D eigenvalue weighted by atomic mass is 32.2. The minimum absolute atomic E-state index is 0.199. The molecular formula is C15H20N2OS. The summed E-state index contributed by atoms with van der Waals surface area (Å²) >= 11 is 1.58. The van der Waals surface area contributed by atoms with Crippen LogP contribution < -0.4 is 5.32 Å². The van der Waals surface area contributed by atoms with Gasteiger partial charge in [-0.25, -0.2) is 0 Å². The predicted octanol–water partition coefficient (Wildman–Crippen LogP) is 3.24. The van der Waals surface area contributed by atoms with Crippen molar-refractivity contribution in [3.63, 3.8) is 0 Å². The molecular weight excluding hydrogens is 256 g/mol. The lowest BCUT2D eigenvalue weighted by Gasteiger charge is -2.28. The maximum Gasteiger partial charge on any atom is 0.102 e. The largest absolute Gasteiger partial charge is 0.393 e. The van der Waals surface area contributed by atoms with Gasteiger partial charge in [0.05, 0.1) is 17.4 Å². The van der Waals surface area contributed by atoms with Crippen molar-refractivity contribution in [2.24, 2.45) is 5.92 Å². The van der Waals surface area contributed by atoms with E-state index < -0.39 is 0 Å². The average Bonchev–Trinajstić information content (AvgIpc) is 2.45. The van der Waals surface area contributed by atoms with Crippen LogP contribution in [0.3, 0.4) is 0 Å². The molecule has 2 N–H and O–H groups in total. The van der Waals surface area contributed by atoms with Crippen LogP contribution in [-0.4, -0.2) is 24.0 Å². The quantitative estimate of drug-likeness (QED) is 0.829. The molecule has 0 aromatic heterocycles. The van der Waals surface area contributed by atoms with Crippen LogP contribution in [0.5, 0.6) is 0 Å². The number of rotatable bonds is 4. The van der Waals surface area contributed by atoms with Crippen molar-refractivity contribution in [2.45, 2.75) is 36.7 Å². The predicted molar refractivity (Wildman–Crippen MR) is 79.4 cm³/mol. The normalized spacial score (nSPS) is 22.8. The maximum atomic E-state index is 9.97. The summed E-state index contributed by atoms with van der Waals surface area (Å²) in [6, 6.07) is 8.13. The van der Waals surface area contributed by atoms with Gasteiger partial charge in [-0.05, 0) is 31.2 Å². The van der Waals surface area contributed by atoms with Crippen LogP contribution in [0.15, 0.2) is 23.1 Å². The Morgan fingerprint density at radius 3 is 2.89 bits per heavy atom. The minimum Gasteiger partial charge on any atom is -0.393 e. The summed E-state index contributed by atoms with van der Waals surface area (Å²) in [6.07, 6.45) is 6.07. The topological polar surface area (TPSA) is 56.0 Å². The molecule has 19 heavy (non-hydrogen) atoms. The summed E-state index contributed by atoms with van der Waals surface area (Å²) in [6.45, 7) is 0.744.